The standard InChI is InChI=1S/C20H28N6O/c1-24-12-6-18(23-24)22-20(19(27)26-10-2-3-11-26)7-13-25(14-8-20)16-17-5-4-9-21-15-17/h4-6,9,12,15H,2-3,7-8,10-11,13-14,16H2,1H3,(H,22,23). The van der Waals surface area contributed by atoms with Crippen LogP contribution in [0, 0.1) is 0 Å². The van der Waals surface area contributed by atoms with E-state index in [0.29, 0.717) is 0 Å². The summed E-state index contributed by atoms with van der Waals surface area (Å²) in [6.45, 7) is 4.40. The molecule has 0 unspecified atom stereocenters. The van der Waals surface area contributed by atoms with Crippen LogP contribution in [0.1, 0.15) is 31.2 Å². The monoisotopic (exact) mass is 368 g/mol. The van der Waals surface area contributed by atoms with Crippen molar-refractivity contribution in [2.45, 2.75) is 37.8 Å². The molecule has 4 heterocycles. The van der Waals surface area contributed by atoms with Crippen LogP contribution in [0.5, 0.6) is 0 Å². The Kier molecular flexibility index (Phi) is 5.11. The third-order valence-corrected chi connectivity index (χ3v) is 5.72. The Bertz CT molecular complexity index is 760. The maximum absolute atomic E-state index is 13.4. The maximum Gasteiger partial charge on any atom is 0.248 e. The summed E-state index contributed by atoms with van der Waals surface area (Å²) >= 11 is 0. The van der Waals surface area contributed by atoms with Gasteiger partial charge in [-0.3, -0.25) is 19.4 Å². The molecule has 144 valence electrons. The van der Waals surface area contributed by atoms with Gasteiger partial charge in [0.1, 0.15) is 11.4 Å². The van der Waals surface area contributed by atoms with Gasteiger partial charge in [0.05, 0.1) is 0 Å². The third kappa shape index (κ3) is 3.98. The Morgan fingerprint density at radius 2 is 1.96 bits per heavy atom. The van der Waals surface area contributed by atoms with Crippen LogP contribution in [0.25, 0.3) is 0 Å². The molecule has 1 amide bonds. The molecular weight excluding hydrogens is 340 g/mol. The minimum absolute atomic E-state index is 0.242. The second-order valence-corrected chi connectivity index (χ2v) is 7.72. The lowest BCUT2D eigenvalue weighted by atomic mass is 9.85. The fourth-order valence-electron chi connectivity index (χ4n) is 4.18. The van der Waals surface area contributed by atoms with Crippen LogP contribution >= 0.6 is 0 Å². The minimum atomic E-state index is -0.551. The lowest BCUT2D eigenvalue weighted by Gasteiger charge is -2.43. The van der Waals surface area contributed by atoms with Crippen molar-refractivity contribution in [2.75, 3.05) is 31.5 Å². The van der Waals surface area contributed by atoms with Crippen molar-refractivity contribution in [3.05, 3.63) is 42.4 Å². The smallest absolute Gasteiger partial charge is 0.248 e. The van der Waals surface area contributed by atoms with Crippen LogP contribution in [0.15, 0.2) is 36.8 Å². The van der Waals surface area contributed by atoms with Gasteiger partial charge in [0.25, 0.3) is 0 Å². The highest BCUT2D eigenvalue weighted by Crippen LogP contribution is 2.30. The number of carbonyl (C=O) groups excluding carboxylic acids is 1. The summed E-state index contributed by atoms with van der Waals surface area (Å²) in [5.41, 5.74) is 0.665. The highest BCUT2D eigenvalue weighted by atomic mass is 16.2. The molecule has 4 rings (SSSR count). The Morgan fingerprint density at radius 3 is 2.59 bits per heavy atom. The van der Waals surface area contributed by atoms with Crippen molar-refractivity contribution in [1.29, 1.82) is 0 Å². The summed E-state index contributed by atoms with van der Waals surface area (Å²) in [5.74, 6) is 1.03. The Labute approximate surface area is 160 Å². The first-order valence-corrected chi connectivity index (χ1v) is 9.83. The topological polar surface area (TPSA) is 66.3 Å². The van der Waals surface area contributed by atoms with Gasteiger partial charge >= 0.3 is 0 Å². The van der Waals surface area contributed by atoms with Crippen LogP contribution in [-0.2, 0) is 18.4 Å². The van der Waals surface area contributed by atoms with E-state index in [1.54, 1.807) is 10.9 Å². The number of hydrogen-bond acceptors (Lipinski definition) is 5. The van der Waals surface area contributed by atoms with Gasteiger partial charge in [-0.25, -0.2) is 0 Å². The van der Waals surface area contributed by atoms with E-state index in [1.807, 2.05) is 36.5 Å². The summed E-state index contributed by atoms with van der Waals surface area (Å²) in [5, 5.41) is 7.97. The zero-order chi connectivity index (χ0) is 18.7. The minimum Gasteiger partial charge on any atom is -0.354 e. The Hall–Kier alpha value is -2.41. The van der Waals surface area contributed by atoms with E-state index in [-0.39, 0.29) is 5.91 Å². The SMILES string of the molecule is Cn1ccc(NC2(C(=O)N3CCCC3)CCN(Cc3cccnc3)CC2)n1. The average Bonchev–Trinajstić information content (AvgIpc) is 3.36. The van der Waals surface area contributed by atoms with E-state index in [4.69, 9.17) is 0 Å². The number of nitrogens with zero attached hydrogens (tertiary/aromatic N) is 5. The van der Waals surface area contributed by atoms with Gasteiger partial charge in [-0.15, -0.1) is 0 Å². The first kappa shape index (κ1) is 18.0. The summed E-state index contributed by atoms with van der Waals surface area (Å²) in [7, 11) is 1.90. The fraction of sp³-hybridized carbons (Fsp3) is 0.550. The zero-order valence-corrected chi connectivity index (χ0v) is 16.0. The Balaban J connectivity index is 1.48. The molecule has 2 aliphatic rings. The third-order valence-electron chi connectivity index (χ3n) is 5.72. The molecule has 7 heteroatoms. The first-order chi connectivity index (χ1) is 13.1. The number of nitrogens with one attached hydrogen (secondary N) is 1. The number of rotatable bonds is 5. The normalized spacial score (nSPS) is 20.0. The van der Waals surface area contributed by atoms with Crippen molar-refractivity contribution in [3.63, 3.8) is 0 Å². The molecule has 0 atom stereocenters. The number of anilines is 1. The summed E-state index contributed by atoms with van der Waals surface area (Å²) < 4.78 is 1.77. The van der Waals surface area contributed by atoms with Crippen LogP contribution in [-0.4, -0.2) is 62.2 Å². The fourth-order valence-corrected chi connectivity index (χ4v) is 4.18. The average molecular weight is 368 g/mol. The summed E-state index contributed by atoms with van der Waals surface area (Å²) in [6.07, 6.45) is 9.43. The highest BCUT2D eigenvalue weighted by Gasteiger charge is 2.44. The Morgan fingerprint density at radius 1 is 1.19 bits per heavy atom. The second-order valence-electron chi connectivity index (χ2n) is 7.72. The van der Waals surface area contributed by atoms with Gasteiger partial charge in [0, 0.05) is 64.4 Å². The van der Waals surface area contributed by atoms with E-state index in [2.05, 4.69) is 26.4 Å². The van der Waals surface area contributed by atoms with Gasteiger partial charge < -0.3 is 10.2 Å². The molecule has 2 aromatic heterocycles. The molecule has 0 aromatic carbocycles. The van der Waals surface area contributed by atoms with E-state index in [0.717, 1.165) is 64.2 Å². The number of likely N-dealkylation sites (tertiary alicyclic amines) is 2. The quantitative estimate of drug-likeness (QED) is 0.873. The molecule has 0 radical (unpaired) electrons. The van der Waals surface area contributed by atoms with Crippen molar-refractivity contribution < 1.29 is 4.79 Å². The molecular formula is C20H28N6O. The van der Waals surface area contributed by atoms with Crippen LogP contribution in [0.2, 0.25) is 0 Å². The molecule has 1 N–H and O–H groups in total. The molecule has 0 aliphatic carbocycles. The van der Waals surface area contributed by atoms with E-state index >= 15 is 0 Å². The van der Waals surface area contributed by atoms with E-state index in [1.165, 1.54) is 5.56 Å². The second kappa shape index (κ2) is 7.68. The number of amides is 1. The van der Waals surface area contributed by atoms with Crippen LogP contribution in [0.4, 0.5) is 5.82 Å². The largest absolute Gasteiger partial charge is 0.354 e. The van der Waals surface area contributed by atoms with Crippen molar-refractivity contribution in [3.8, 4) is 0 Å². The van der Waals surface area contributed by atoms with Crippen LogP contribution in [0.3, 0.4) is 0 Å². The van der Waals surface area contributed by atoms with Crippen molar-refractivity contribution in [1.82, 2.24) is 24.6 Å². The number of piperidine rings is 1. The molecule has 0 spiro atoms. The van der Waals surface area contributed by atoms with Crippen LogP contribution < -0.4 is 5.32 Å². The number of hydrogen-bond donors (Lipinski definition) is 1. The molecule has 7 nitrogen and oxygen atoms in total. The molecule has 2 fully saturated rings. The first-order valence-electron chi connectivity index (χ1n) is 9.83. The molecule has 0 bridgehead atoms. The van der Waals surface area contributed by atoms with Crippen molar-refractivity contribution >= 4 is 11.7 Å². The predicted octanol–water partition coefficient (Wildman–Crippen LogP) is 1.88. The van der Waals surface area contributed by atoms with Gasteiger partial charge in [-0.2, -0.15) is 5.10 Å². The summed E-state index contributed by atoms with van der Waals surface area (Å²) in [4.78, 5) is 22.0. The lowest BCUT2D eigenvalue weighted by molar-refractivity contribution is -0.136. The number of carbonyl (C=O) groups is 1. The predicted molar refractivity (Wildman–Crippen MR) is 104 cm³/mol. The molecule has 0 saturated carbocycles. The summed E-state index contributed by atoms with van der Waals surface area (Å²) in [6, 6.07) is 6.03. The van der Waals surface area contributed by atoms with E-state index < -0.39 is 5.54 Å². The van der Waals surface area contributed by atoms with Gasteiger partial charge in [-0.1, -0.05) is 6.07 Å². The van der Waals surface area contributed by atoms with Gasteiger partial charge in [0.2, 0.25) is 5.91 Å². The molecule has 2 aromatic rings. The van der Waals surface area contributed by atoms with E-state index in [9.17, 15) is 4.79 Å². The number of aryl methyl sites for hydroxylation is 1. The molecule has 2 saturated heterocycles. The van der Waals surface area contributed by atoms with Gasteiger partial charge in [-0.05, 0) is 37.3 Å². The molecule has 2 aliphatic heterocycles. The number of aromatic nitrogens is 3. The zero-order valence-electron chi connectivity index (χ0n) is 16.0. The number of pyridine rings is 1. The van der Waals surface area contributed by atoms with Crippen molar-refractivity contribution in [2.24, 2.45) is 7.05 Å². The highest BCUT2D eigenvalue weighted by molar-refractivity contribution is 5.89. The maximum atomic E-state index is 13.4. The lowest BCUT2D eigenvalue weighted by Crippen LogP contribution is -2.58. The molecule has 27 heavy (non-hydrogen) atoms. The van der Waals surface area contributed by atoms with Gasteiger partial charge in [0.15, 0.2) is 0 Å².